The summed E-state index contributed by atoms with van der Waals surface area (Å²) in [5.41, 5.74) is 0. The second-order valence-electron chi connectivity index (χ2n) is 6.01. The van der Waals surface area contributed by atoms with Crippen LogP contribution in [-0.4, -0.2) is 56.3 Å². The number of amides is 1. The van der Waals surface area contributed by atoms with Gasteiger partial charge in [-0.25, -0.2) is 0 Å². The molecule has 2 aromatic rings. The largest absolute Gasteiger partial charge is 0.481 e. The van der Waals surface area contributed by atoms with Gasteiger partial charge in [-0.15, -0.1) is 0 Å². The Balaban J connectivity index is 1.47. The first kappa shape index (κ1) is 16.7. The van der Waals surface area contributed by atoms with Gasteiger partial charge in [-0.1, -0.05) is 30.3 Å². The number of fused-ring (bicyclic) bond motifs is 1. The molecule has 3 rings (SSSR count). The molecule has 5 heteroatoms. The number of carbonyl (C=O) groups is 1. The highest BCUT2D eigenvalue weighted by Gasteiger charge is 2.15. The summed E-state index contributed by atoms with van der Waals surface area (Å²) >= 11 is 0. The Kier molecular flexibility index (Phi) is 5.67. The Morgan fingerprint density at radius 3 is 2.75 bits per heavy atom. The number of ether oxygens (including phenoxy) is 2. The highest BCUT2D eigenvalue weighted by atomic mass is 16.5. The second-order valence-corrected chi connectivity index (χ2v) is 6.01. The molecule has 1 unspecified atom stereocenters. The van der Waals surface area contributed by atoms with Gasteiger partial charge in [-0.3, -0.25) is 9.69 Å². The van der Waals surface area contributed by atoms with E-state index < -0.39 is 6.10 Å². The quantitative estimate of drug-likeness (QED) is 0.882. The average Bonchev–Trinajstić information content (AvgIpc) is 2.62. The molecule has 1 heterocycles. The van der Waals surface area contributed by atoms with Gasteiger partial charge in [0.2, 0.25) is 0 Å². The number of hydrogen-bond acceptors (Lipinski definition) is 4. The molecule has 0 radical (unpaired) electrons. The molecule has 1 N–H and O–H groups in total. The van der Waals surface area contributed by atoms with E-state index in [2.05, 4.69) is 16.3 Å². The van der Waals surface area contributed by atoms with Crippen LogP contribution in [0.15, 0.2) is 42.5 Å². The molecule has 128 valence electrons. The first-order chi connectivity index (χ1) is 11.7. The van der Waals surface area contributed by atoms with Crippen LogP contribution in [-0.2, 0) is 9.53 Å². The van der Waals surface area contributed by atoms with Crippen molar-refractivity contribution in [1.29, 1.82) is 0 Å². The molecule has 0 spiro atoms. The summed E-state index contributed by atoms with van der Waals surface area (Å²) in [6.45, 7) is 6.66. The van der Waals surface area contributed by atoms with Crippen molar-refractivity contribution in [1.82, 2.24) is 10.2 Å². The molecule has 5 nitrogen and oxygen atoms in total. The first-order valence-electron chi connectivity index (χ1n) is 8.45. The molecular weight excluding hydrogens is 304 g/mol. The van der Waals surface area contributed by atoms with Crippen molar-refractivity contribution in [2.75, 3.05) is 39.4 Å². The molecule has 24 heavy (non-hydrogen) atoms. The van der Waals surface area contributed by atoms with Gasteiger partial charge < -0.3 is 14.8 Å². The van der Waals surface area contributed by atoms with Crippen LogP contribution in [0.2, 0.25) is 0 Å². The van der Waals surface area contributed by atoms with Crippen LogP contribution in [0, 0.1) is 0 Å². The highest BCUT2D eigenvalue weighted by molar-refractivity contribution is 5.84. The normalized spacial score (nSPS) is 16.7. The Labute approximate surface area is 142 Å². The molecular formula is C19H24N2O3. The first-order valence-corrected chi connectivity index (χ1v) is 8.45. The second kappa shape index (κ2) is 8.13. The lowest BCUT2D eigenvalue weighted by Gasteiger charge is -2.26. The molecule has 0 saturated carbocycles. The van der Waals surface area contributed by atoms with Crippen LogP contribution in [0.5, 0.6) is 5.75 Å². The molecule has 1 fully saturated rings. The number of carbonyl (C=O) groups excluding carboxylic acids is 1. The van der Waals surface area contributed by atoms with Crippen molar-refractivity contribution in [3.05, 3.63) is 42.5 Å². The fourth-order valence-electron chi connectivity index (χ4n) is 2.80. The van der Waals surface area contributed by atoms with Crippen LogP contribution >= 0.6 is 0 Å². The minimum Gasteiger partial charge on any atom is -0.481 e. The lowest BCUT2D eigenvalue weighted by Crippen LogP contribution is -2.43. The summed E-state index contributed by atoms with van der Waals surface area (Å²) in [7, 11) is 0. The van der Waals surface area contributed by atoms with Gasteiger partial charge in [0.15, 0.2) is 6.10 Å². The fourth-order valence-corrected chi connectivity index (χ4v) is 2.80. The Morgan fingerprint density at radius 2 is 1.96 bits per heavy atom. The summed E-state index contributed by atoms with van der Waals surface area (Å²) in [6, 6.07) is 14.0. The molecule has 1 saturated heterocycles. The lowest BCUT2D eigenvalue weighted by atomic mass is 10.1. The number of benzene rings is 2. The molecule has 1 aliphatic heterocycles. The number of nitrogens with zero attached hydrogens (tertiary/aromatic N) is 1. The third-order valence-corrected chi connectivity index (χ3v) is 4.23. The van der Waals surface area contributed by atoms with Crippen LogP contribution in [0.25, 0.3) is 10.8 Å². The third kappa shape index (κ3) is 4.46. The SMILES string of the molecule is CC(Oc1ccc2ccccc2c1)C(=O)NCCN1CCOCC1. The van der Waals surface area contributed by atoms with E-state index in [4.69, 9.17) is 9.47 Å². The predicted molar refractivity (Wildman–Crippen MR) is 94.3 cm³/mol. The van der Waals surface area contributed by atoms with E-state index in [0.717, 1.165) is 43.6 Å². The number of rotatable bonds is 6. The van der Waals surface area contributed by atoms with E-state index in [1.54, 1.807) is 6.92 Å². The van der Waals surface area contributed by atoms with Gasteiger partial charge in [-0.05, 0) is 29.8 Å². The van der Waals surface area contributed by atoms with Crippen LogP contribution in [0.4, 0.5) is 0 Å². The van der Waals surface area contributed by atoms with Crippen molar-refractivity contribution in [2.45, 2.75) is 13.0 Å². The topological polar surface area (TPSA) is 50.8 Å². The zero-order valence-corrected chi connectivity index (χ0v) is 14.0. The Morgan fingerprint density at radius 1 is 1.21 bits per heavy atom. The van der Waals surface area contributed by atoms with E-state index in [-0.39, 0.29) is 5.91 Å². The summed E-state index contributed by atoms with van der Waals surface area (Å²) < 4.78 is 11.1. The summed E-state index contributed by atoms with van der Waals surface area (Å²) in [5.74, 6) is 0.626. The summed E-state index contributed by atoms with van der Waals surface area (Å²) in [5, 5.41) is 5.21. The molecule has 0 bridgehead atoms. The van der Waals surface area contributed by atoms with Crippen LogP contribution in [0.1, 0.15) is 6.92 Å². The molecule has 0 aliphatic carbocycles. The standard InChI is InChI=1S/C19H24N2O3/c1-15(19(22)20-8-9-21-10-12-23-13-11-21)24-18-7-6-16-4-2-3-5-17(16)14-18/h2-7,14-15H,8-13H2,1H3,(H,20,22). The van der Waals surface area contributed by atoms with Crippen LogP contribution in [0.3, 0.4) is 0 Å². The number of nitrogens with one attached hydrogen (secondary N) is 1. The van der Waals surface area contributed by atoms with E-state index in [9.17, 15) is 4.79 Å². The summed E-state index contributed by atoms with van der Waals surface area (Å²) in [4.78, 5) is 14.5. The highest BCUT2D eigenvalue weighted by Crippen LogP contribution is 2.21. The van der Waals surface area contributed by atoms with E-state index in [1.165, 1.54) is 0 Å². The maximum atomic E-state index is 12.2. The fraction of sp³-hybridized carbons (Fsp3) is 0.421. The van der Waals surface area contributed by atoms with Crippen molar-refractivity contribution in [2.24, 2.45) is 0 Å². The molecule has 1 atom stereocenters. The van der Waals surface area contributed by atoms with E-state index in [0.29, 0.717) is 12.3 Å². The summed E-state index contributed by atoms with van der Waals surface area (Å²) in [6.07, 6.45) is -0.518. The molecule has 1 aliphatic rings. The van der Waals surface area contributed by atoms with E-state index >= 15 is 0 Å². The maximum absolute atomic E-state index is 12.2. The molecule has 1 amide bonds. The van der Waals surface area contributed by atoms with Crippen molar-refractivity contribution >= 4 is 16.7 Å². The number of morpholine rings is 1. The monoisotopic (exact) mass is 328 g/mol. The van der Waals surface area contributed by atoms with Gasteiger partial charge in [-0.2, -0.15) is 0 Å². The molecule has 0 aromatic heterocycles. The zero-order chi connectivity index (χ0) is 16.8. The van der Waals surface area contributed by atoms with Gasteiger partial charge in [0.25, 0.3) is 5.91 Å². The molecule has 2 aromatic carbocycles. The average molecular weight is 328 g/mol. The third-order valence-electron chi connectivity index (χ3n) is 4.23. The van der Waals surface area contributed by atoms with Crippen molar-refractivity contribution in [3.63, 3.8) is 0 Å². The Bertz CT molecular complexity index is 683. The van der Waals surface area contributed by atoms with Gasteiger partial charge in [0.05, 0.1) is 13.2 Å². The predicted octanol–water partition coefficient (Wildman–Crippen LogP) is 2.06. The lowest BCUT2D eigenvalue weighted by molar-refractivity contribution is -0.127. The van der Waals surface area contributed by atoms with Crippen molar-refractivity contribution < 1.29 is 14.3 Å². The van der Waals surface area contributed by atoms with Crippen molar-refractivity contribution in [3.8, 4) is 5.75 Å². The van der Waals surface area contributed by atoms with E-state index in [1.807, 2.05) is 36.4 Å². The zero-order valence-electron chi connectivity index (χ0n) is 14.0. The minimum absolute atomic E-state index is 0.0866. The van der Waals surface area contributed by atoms with Gasteiger partial charge in [0, 0.05) is 26.2 Å². The van der Waals surface area contributed by atoms with Gasteiger partial charge >= 0.3 is 0 Å². The maximum Gasteiger partial charge on any atom is 0.260 e. The Hall–Kier alpha value is -2.11. The van der Waals surface area contributed by atoms with Crippen LogP contribution < -0.4 is 10.1 Å². The van der Waals surface area contributed by atoms with Gasteiger partial charge in [0.1, 0.15) is 5.75 Å². The smallest absolute Gasteiger partial charge is 0.260 e. The number of hydrogen-bond donors (Lipinski definition) is 1. The minimum atomic E-state index is -0.518.